The Balaban J connectivity index is 0.00000180. The summed E-state index contributed by atoms with van der Waals surface area (Å²) in [5.74, 6) is -0.0153. The zero-order valence-electron chi connectivity index (χ0n) is 10.7. The summed E-state index contributed by atoms with van der Waals surface area (Å²) in [6, 6.07) is 5.33. The van der Waals surface area contributed by atoms with E-state index in [0.717, 1.165) is 17.4 Å². The number of nitrogens with two attached hydrogens (primary N) is 1. The van der Waals surface area contributed by atoms with Gasteiger partial charge in [-0.15, -0.1) is 12.4 Å². The molecule has 0 spiro atoms. The number of amides is 1. The minimum atomic E-state index is -0.0153. The Kier molecular flexibility index (Phi) is 5.68. The van der Waals surface area contributed by atoms with Crippen molar-refractivity contribution in [1.29, 1.82) is 0 Å². The van der Waals surface area contributed by atoms with E-state index in [9.17, 15) is 4.79 Å². The van der Waals surface area contributed by atoms with Crippen molar-refractivity contribution in [3.63, 3.8) is 0 Å². The Hall–Kier alpha value is -0.290. The molecule has 19 heavy (non-hydrogen) atoms. The fourth-order valence-electron chi connectivity index (χ4n) is 2.20. The summed E-state index contributed by atoms with van der Waals surface area (Å²) in [6.07, 6.45) is 0.945. The summed E-state index contributed by atoms with van der Waals surface area (Å²) in [5.41, 5.74) is 6.34. The first kappa shape index (κ1) is 16.8. The zero-order chi connectivity index (χ0) is 13.3. The standard InChI is InChI=1S/C13H16BrClN2O.ClH/c1-13(7-16)4-5-17(8-13)12(18)10-6-9(14)2-3-11(10)15;/h2-3,6H,4-5,7-8,16H2,1H3;1H. The van der Waals surface area contributed by atoms with E-state index in [1.807, 2.05) is 11.0 Å². The molecule has 1 atom stereocenters. The van der Waals surface area contributed by atoms with E-state index in [4.69, 9.17) is 17.3 Å². The molecule has 2 N–H and O–H groups in total. The largest absolute Gasteiger partial charge is 0.338 e. The van der Waals surface area contributed by atoms with Gasteiger partial charge in [0.05, 0.1) is 10.6 Å². The molecule has 1 saturated heterocycles. The molecule has 0 aliphatic carbocycles. The molecule has 0 bridgehead atoms. The number of carbonyl (C=O) groups is 1. The first-order valence-corrected chi connectivity index (χ1v) is 7.07. The molecule has 0 radical (unpaired) electrons. The fourth-order valence-corrected chi connectivity index (χ4v) is 2.75. The average molecular weight is 368 g/mol. The molecule has 6 heteroatoms. The van der Waals surface area contributed by atoms with Crippen molar-refractivity contribution in [1.82, 2.24) is 4.90 Å². The fraction of sp³-hybridized carbons (Fsp3) is 0.462. The predicted octanol–water partition coefficient (Wildman–Crippen LogP) is 3.34. The molecule has 1 aliphatic heterocycles. The lowest BCUT2D eigenvalue weighted by atomic mass is 9.90. The Morgan fingerprint density at radius 1 is 1.58 bits per heavy atom. The third kappa shape index (κ3) is 3.63. The summed E-state index contributed by atoms with van der Waals surface area (Å²) < 4.78 is 0.857. The lowest BCUT2D eigenvalue weighted by Gasteiger charge is -2.22. The van der Waals surface area contributed by atoms with Gasteiger partial charge in [-0.25, -0.2) is 0 Å². The van der Waals surface area contributed by atoms with Gasteiger partial charge in [0.15, 0.2) is 0 Å². The molecule has 1 fully saturated rings. The minimum Gasteiger partial charge on any atom is -0.338 e. The smallest absolute Gasteiger partial charge is 0.255 e. The van der Waals surface area contributed by atoms with Crippen molar-refractivity contribution in [3.8, 4) is 0 Å². The molecule has 1 amide bonds. The monoisotopic (exact) mass is 366 g/mol. The van der Waals surface area contributed by atoms with Crippen molar-refractivity contribution in [2.75, 3.05) is 19.6 Å². The molecule has 1 aromatic carbocycles. The van der Waals surface area contributed by atoms with Gasteiger partial charge in [0.25, 0.3) is 5.91 Å². The summed E-state index contributed by atoms with van der Waals surface area (Å²) in [5, 5.41) is 0.490. The number of benzene rings is 1. The van der Waals surface area contributed by atoms with E-state index in [1.165, 1.54) is 0 Å². The van der Waals surface area contributed by atoms with Crippen LogP contribution in [0.4, 0.5) is 0 Å². The molecule has 1 unspecified atom stereocenters. The maximum atomic E-state index is 12.4. The summed E-state index contributed by atoms with van der Waals surface area (Å²) >= 11 is 9.44. The van der Waals surface area contributed by atoms with Crippen molar-refractivity contribution in [2.24, 2.45) is 11.1 Å². The predicted molar refractivity (Wildman–Crippen MR) is 84.1 cm³/mol. The van der Waals surface area contributed by atoms with Gasteiger partial charge in [-0.1, -0.05) is 34.5 Å². The minimum absolute atomic E-state index is 0. The number of halogens is 3. The molecular weight excluding hydrogens is 351 g/mol. The van der Waals surface area contributed by atoms with E-state index in [1.54, 1.807) is 12.1 Å². The van der Waals surface area contributed by atoms with Crippen LogP contribution in [-0.2, 0) is 0 Å². The van der Waals surface area contributed by atoms with Crippen LogP contribution in [0.15, 0.2) is 22.7 Å². The van der Waals surface area contributed by atoms with Crippen LogP contribution in [0.1, 0.15) is 23.7 Å². The van der Waals surface area contributed by atoms with Crippen molar-refractivity contribution in [2.45, 2.75) is 13.3 Å². The normalized spacial score (nSPS) is 22.2. The van der Waals surface area contributed by atoms with Gasteiger partial charge in [0.1, 0.15) is 0 Å². The molecule has 1 aliphatic rings. The summed E-state index contributed by atoms with van der Waals surface area (Å²) in [4.78, 5) is 14.2. The molecule has 1 aromatic rings. The number of rotatable bonds is 2. The van der Waals surface area contributed by atoms with Crippen LogP contribution in [-0.4, -0.2) is 30.4 Å². The van der Waals surface area contributed by atoms with Crippen LogP contribution in [0.5, 0.6) is 0 Å². The van der Waals surface area contributed by atoms with Crippen molar-refractivity contribution in [3.05, 3.63) is 33.3 Å². The van der Waals surface area contributed by atoms with Crippen LogP contribution in [0.2, 0.25) is 5.02 Å². The lowest BCUT2D eigenvalue weighted by molar-refractivity contribution is 0.0777. The number of nitrogens with zero attached hydrogens (tertiary/aromatic N) is 1. The zero-order valence-corrected chi connectivity index (χ0v) is 13.8. The van der Waals surface area contributed by atoms with Crippen molar-refractivity contribution >= 4 is 45.8 Å². The van der Waals surface area contributed by atoms with Gasteiger partial charge in [0, 0.05) is 17.6 Å². The third-order valence-electron chi connectivity index (χ3n) is 3.50. The lowest BCUT2D eigenvalue weighted by Crippen LogP contribution is -2.34. The van der Waals surface area contributed by atoms with Gasteiger partial charge in [-0.2, -0.15) is 0 Å². The topological polar surface area (TPSA) is 46.3 Å². The molecule has 106 valence electrons. The van der Waals surface area contributed by atoms with Crippen LogP contribution >= 0.6 is 39.9 Å². The molecular formula is C13H17BrCl2N2O. The van der Waals surface area contributed by atoms with Crippen LogP contribution < -0.4 is 5.73 Å². The van der Waals surface area contributed by atoms with E-state index in [0.29, 0.717) is 23.7 Å². The maximum absolute atomic E-state index is 12.4. The van der Waals surface area contributed by atoms with E-state index in [2.05, 4.69) is 22.9 Å². The van der Waals surface area contributed by atoms with Gasteiger partial charge >= 0.3 is 0 Å². The van der Waals surface area contributed by atoms with E-state index >= 15 is 0 Å². The Labute approximate surface area is 133 Å². The van der Waals surface area contributed by atoms with E-state index < -0.39 is 0 Å². The van der Waals surface area contributed by atoms with Gasteiger partial charge in [-0.05, 0) is 36.6 Å². The second-order valence-electron chi connectivity index (χ2n) is 5.12. The number of hydrogen-bond donors (Lipinski definition) is 1. The second-order valence-corrected chi connectivity index (χ2v) is 6.44. The molecule has 1 heterocycles. The Morgan fingerprint density at radius 3 is 2.84 bits per heavy atom. The Bertz CT molecular complexity index is 484. The highest BCUT2D eigenvalue weighted by Gasteiger charge is 2.35. The van der Waals surface area contributed by atoms with Gasteiger partial charge < -0.3 is 10.6 Å². The quantitative estimate of drug-likeness (QED) is 0.871. The average Bonchev–Trinajstić information content (AvgIpc) is 2.75. The first-order chi connectivity index (χ1) is 8.45. The second kappa shape index (κ2) is 6.44. The van der Waals surface area contributed by atoms with Crippen LogP contribution in [0.25, 0.3) is 0 Å². The number of likely N-dealkylation sites (tertiary alicyclic amines) is 1. The number of hydrogen-bond acceptors (Lipinski definition) is 2. The maximum Gasteiger partial charge on any atom is 0.255 e. The van der Waals surface area contributed by atoms with Gasteiger partial charge in [0.2, 0.25) is 0 Å². The van der Waals surface area contributed by atoms with E-state index in [-0.39, 0.29) is 23.7 Å². The first-order valence-electron chi connectivity index (χ1n) is 5.90. The summed E-state index contributed by atoms with van der Waals surface area (Å²) in [6.45, 7) is 4.16. The highest BCUT2D eigenvalue weighted by atomic mass is 79.9. The van der Waals surface area contributed by atoms with Crippen molar-refractivity contribution < 1.29 is 4.79 Å². The molecule has 0 aromatic heterocycles. The Morgan fingerprint density at radius 2 is 2.26 bits per heavy atom. The highest BCUT2D eigenvalue weighted by molar-refractivity contribution is 9.10. The van der Waals surface area contributed by atoms with Crippen LogP contribution in [0, 0.1) is 5.41 Å². The summed E-state index contributed by atoms with van der Waals surface area (Å²) in [7, 11) is 0. The molecule has 2 rings (SSSR count). The highest BCUT2D eigenvalue weighted by Crippen LogP contribution is 2.31. The number of carbonyl (C=O) groups excluding carboxylic acids is 1. The van der Waals surface area contributed by atoms with Gasteiger partial charge in [-0.3, -0.25) is 4.79 Å². The SMILES string of the molecule is CC1(CN)CCN(C(=O)c2cc(Br)ccc2Cl)C1.Cl. The third-order valence-corrected chi connectivity index (χ3v) is 4.32. The molecule has 0 saturated carbocycles. The molecule has 3 nitrogen and oxygen atoms in total. The van der Waals surface area contributed by atoms with Crippen LogP contribution in [0.3, 0.4) is 0 Å².